The molecule has 0 radical (unpaired) electrons. The molecule has 1 aliphatic rings. The van der Waals surface area contributed by atoms with Crippen LogP contribution in [-0.2, 0) is 4.79 Å². The van der Waals surface area contributed by atoms with E-state index in [1.807, 2.05) is 69.9 Å². The number of benzene rings is 1. The molecule has 1 fully saturated rings. The third-order valence-corrected chi connectivity index (χ3v) is 8.29. The highest BCUT2D eigenvalue weighted by Crippen LogP contribution is 2.35. The van der Waals surface area contributed by atoms with Gasteiger partial charge in [0.1, 0.15) is 17.3 Å². The molecule has 9 heteroatoms. The minimum atomic E-state index is -0.515. The second-order valence-electron chi connectivity index (χ2n) is 12.0. The lowest BCUT2D eigenvalue weighted by atomic mass is 9.97. The molecule has 1 aliphatic heterocycles. The SMILES string of the molecule is C=CC(=O)N1CC(C)N(c2nc(=O)n(-c3c(C(C)C)ccnc3C(C)C)c3nc(-c4ccccc4C)c(F)cc23)CC1C. The number of hydrogen-bond donors (Lipinski definition) is 0. The molecule has 1 saturated heterocycles. The first-order chi connectivity index (χ1) is 20.4. The fourth-order valence-electron chi connectivity index (χ4n) is 6.02. The lowest BCUT2D eigenvalue weighted by Gasteiger charge is -2.44. The van der Waals surface area contributed by atoms with Crippen LogP contribution >= 0.6 is 0 Å². The summed E-state index contributed by atoms with van der Waals surface area (Å²) >= 11 is 0. The van der Waals surface area contributed by atoms with Crippen LogP contribution in [0.3, 0.4) is 0 Å². The van der Waals surface area contributed by atoms with Crippen molar-refractivity contribution in [1.82, 2.24) is 24.4 Å². The molecule has 5 rings (SSSR count). The summed E-state index contributed by atoms with van der Waals surface area (Å²) in [4.78, 5) is 44.7. The molecule has 0 spiro atoms. The van der Waals surface area contributed by atoms with Crippen LogP contribution in [0.1, 0.15) is 70.2 Å². The van der Waals surface area contributed by atoms with Crippen LogP contribution in [-0.4, -0.2) is 55.5 Å². The number of carbonyl (C=O) groups is 1. The fourth-order valence-corrected chi connectivity index (χ4v) is 6.02. The van der Waals surface area contributed by atoms with Gasteiger partial charge in [-0.25, -0.2) is 18.7 Å². The molecule has 0 N–H and O–H groups in total. The second-order valence-corrected chi connectivity index (χ2v) is 12.0. The van der Waals surface area contributed by atoms with Crippen LogP contribution in [0, 0.1) is 12.7 Å². The smallest absolute Gasteiger partial charge is 0.349 e. The second kappa shape index (κ2) is 11.7. The number of hydrogen-bond acceptors (Lipinski definition) is 6. The largest absolute Gasteiger partial charge is 0.355 e. The molecule has 0 aliphatic carbocycles. The van der Waals surface area contributed by atoms with Crippen LogP contribution in [0.2, 0.25) is 0 Å². The number of pyridine rings is 2. The summed E-state index contributed by atoms with van der Waals surface area (Å²) < 4.78 is 17.6. The molecule has 1 aromatic carbocycles. The zero-order valence-electron chi connectivity index (χ0n) is 25.9. The number of amides is 1. The maximum absolute atomic E-state index is 16.1. The molecular formula is C34H39FN6O2. The number of aromatic nitrogens is 4. The minimum absolute atomic E-state index is 0.00274. The predicted octanol–water partition coefficient (Wildman–Crippen LogP) is 6.15. The minimum Gasteiger partial charge on any atom is -0.349 e. The van der Waals surface area contributed by atoms with Crippen LogP contribution in [0.5, 0.6) is 0 Å². The third kappa shape index (κ3) is 5.32. The Kier molecular flexibility index (Phi) is 8.18. The number of nitrogens with zero attached hydrogens (tertiary/aromatic N) is 6. The lowest BCUT2D eigenvalue weighted by molar-refractivity contribution is -0.128. The Hall–Kier alpha value is -4.40. The summed E-state index contributed by atoms with van der Waals surface area (Å²) in [6.07, 6.45) is 3.08. The summed E-state index contributed by atoms with van der Waals surface area (Å²) in [5.41, 5.74) is 3.80. The average molecular weight is 583 g/mol. The molecule has 3 aromatic heterocycles. The molecule has 43 heavy (non-hydrogen) atoms. The molecule has 2 atom stereocenters. The van der Waals surface area contributed by atoms with Crippen LogP contribution < -0.4 is 10.6 Å². The van der Waals surface area contributed by atoms with E-state index in [4.69, 9.17) is 4.98 Å². The van der Waals surface area contributed by atoms with Crippen LogP contribution in [0.4, 0.5) is 10.2 Å². The quantitative estimate of drug-likeness (QED) is 0.254. The first-order valence-corrected chi connectivity index (χ1v) is 14.8. The zero-order chi connectivity index (χ0) is 31.2. The van der Waals surface area contributed by atoms with Gasteiger partial charge in [0.2, 0.25) is 5.91 Å². The number of anilines is 1. The molecule has 0 bridgehead atoms. The Morgan fingerprint density at radius 3 is 2.42 bits per heavy atom. The van der Waals surface area contributed by atoms with Crippen molar-refractivity contribution in [3.63, 3.8) is 0 Å². The standard InChI is InChI=1S/C34H39FN6O2/c1-9-28(42)39-17-23(8)40(18-22(39)7)32-26-16-27(35)30(25-13-11-10-12-21(25)6)37-33(26)41(34(43)38-32)31-24(19(2)3)14-15-36-29(31)20(4)5/h9-16,19-20,22-23H,1,17-18H2,2-8H3. The van der Waals surface area contributed by atoms with Gasteiger partial charge in [0, 0.05) is 36.9 Å². The van der Waals surface area contributed by atoms with E-state index >= 15 is 4.39 Å². The van der Waals surface area contributed by atoms with Crippen molar-refractivity contribution in [3.05, 3.63) is 88.4 Å². The average Bonchev–Trinajstić information content (AvgIpc) is 2.97. The maximum atomic E-state index is 16.1. The van der Waals surface area contributed by atoms with E-state index in [1.165, 1.54) is 16.7 Å². The lowest BCUT2D eigenvalue weighted by Crippen LogP contribution is -2.58. The normalized spacial score (nSPS) is 17.3. The zero-order valence-corrected chi connectivity index (χ0v) is 25.9. The van der Waals surface area contributed by atoms with Crippen molar-refractivity contribution in [1.29, 1.82) is 0 Å². The van der Waals surface area contributed by atoms with E-state index in [0.717, 1.165) is 16.8 Å². The van der Waals surface area contributed by atoms with Crippen molar-refractivity contribution in [3.8, 4) is 16.9 Å². The number of aryl methyl sites for hydroxylation is 1. The van der Waals surface area contributed by atoms with Gasteiger partial charge in [-0.1, -0.05) is 58.5 Å². The molecular weight excluding hydrogens is 543 g/mol. The van der Waals surface area contributed by atoms with Gasteiger partial charge in [-0.15, -0.1) is 0 Å². The summed E-state index contributed by atoms with van der Waals surface area (Å²) in [5, 5.41) is 0.422. The molecule has 4 heterocycles. The number of halogens is 1. The summed E-state index contributed by atoms with van der Waals surface area (Å²) in [6, 6.07) is 10.5. The van der Waals surface area contributed by atoms with E-state index in [9.17, 15) is 9.59 Å². The van der Waals surface area contributed by atoms with Crippen molar-refractivity contribution < 1.29 is 9.18 Å². The topological polar surface area (TPSA) is 84.2 Å². The Bertz CT molecular complexity index is 1750. The summed E-state index contributed by atoms with van der Waals surface area (Å²) in [5.74, 6) is -0.227. The van der Waals surface area contributed by atoms with Crippen molar-refractivity contribution in [2.24, 2.45) is 0 Å². The first kappa shape index (κ1) is 30.1. The van der Waals surface area contributed by atoms with E-state index in [2.05, 4.69) is 30.4 Å². The molecule has 1 amide bonds. The summed E-state index contributed by atoms with van der Waals surface area (Å²) in [6.45, 7) is 18.5. The van der Waals surface area contributed by atoms with Gasteiger partial charge in [0.05, 0.1) is 16.8 Å². The van der Waals surface area contributed by atoms with Crippen molar-refractivity contribution in [2.75, 3.05) is 18.0 Å². The van der Waals surface area contributed by atoms with Gasteiger partial charge in [0.15, 0.2) is 5.65 Å². The Morgan fingerprint density at radius 2 is 1.77 bits per heavy atom. The molecule has 4 aromatic rings. The van der Waals surface area contributed by atoms with Gasteiger partial charge in [-0.3, -0.25) is 9.78 Å². The predicted molar refractivity (Wildman–Crippen MR) is 169 cm³/mol. The van der Waals surface area contributed by atoms with Gasteiger partial charge in [0.25, 0.3) is 0 Å². The van der Waals surface area contributed by atoms with Gasteiger partial charge >= 0.3 is 5.69 Å². The van der Waals surface area contributed by atoms with Gasteiger partial charge in [-0.2, -0.15) is 4.98 Å². The number of fused-ring (bicyclic) bond motifs is 1. The molecule has 2 unspecified atom stereocenters. The van der Waals surface area contributed by atoms with E-state index in [-0.39, 0.29) is 35.5 Å². The van der Waals surface area contributed by atoms with Crippen LogP contribution in [0.25, 0.3) is 28.0 Å². The highest BCUT2D eigenvalue weighted by Gasteiger charge is 2.34. The fraction of sp³-hybridized carbons (Fsp3) is 0.382. The van der Waals surface area contributed by atoms with Crippen molar-refractivity contribution >= 4 is 22.8 Å². The highest BCUT2D eigenvalue weighted by atomic mass is 19.1. The molecule has 0 saturated carbocycles. The molecule has 224 valence electrons. The Labute approximate surface area is 251 Å². The third-order valence-electron chi connectivity index (χ3n) is 8.29. The number of carbonyl (C=O) groups excluding carboxylic acids is 1. The number of piperazine rings is 1. The Morgan fingerprint density at radius 1 is 1.05 bits per heavy atom. The summed E-state index contributed by atoms with van der Waals surface area (Å²) in [7, 11) is 0. The van der Waals surface area contributed by atoms with E-state index in [1.54, 1.807) is 11.1 Å². The monoisotopic (exact) mass is 582 g/mol. The van der Waals surface area contributed by atoms with Gasteiger partial charge < -0.3 is 9.80 Å². The first-order valence-electron chi connectivity index (χ1n) is 14.8. The highest BCUT2D eigenvalue weighted by molar-refractivity contribution is 5.91. The van der Waals surface area contributed by atoms with E-state index < -0.39 is 11.5 Å². The van der Waals surface area contributed by atoms with E-state index in [0.29, 0.717) is 41.2 Å². The van der Waals surface area contributed by atoms with Crippen LogP contribution in [0.15, 0.2) is 60.0 Å². The van der Waals surface area contributed by atoms with Gasteiger partial charge in [-0.05, 0) is 61.9 Å². The molecule has 8 nitrogen and oxygen atoms in total. The number of rotatable bonds is 6. The Balaban J connectivity index is 1.86. The van der Waals surface area contributed by atoms with Crippen molar-refractivity contribution in [2.45, 2.75) is 72.4 Å². The maximum Gasteiger partial charge on any atom is 0.355 e.